The minimum atomic E-state index is 0.0303. The molecule has 4 heteroatoms. The number of rotatable bonds is 6. The molecule has 24 heavy (non-hydrogen) atoms. The van der Waals surface area contributed by atoms with Crippen molar-refractivity contribution in [1.29, 1.82) is 0 Å². The van der Waals surface area contributed by atoms with Crippen LogP contribution in [0.15, 0.2) is 53.4 Å². The van der Waals surface area contributed by atoms with E-state index in [4.69, 9.17) is 4.74 Å². The van der Waals surface area contributed by atoms with E-state index in [9.17, 15) is 4.79 Å². The van der Waals surface area contributed by atoms with Gasteiger partial charge in [0, 0.05) is 11.4 Å². The second-order valence-electron chi connectivity index (χ2n) is 6.69. The van der Waals surface area contributed by atoms with Gasteiger partial charge in [0.15, 0.2) is 0 Å². The number of carbonyl (C=O) groups excluding carboxylic acids is 1. The predicted octanol–water partition coefficient (Wildman–Crippen LogP) is 4.40. The van der Waals surface area contributed by atoms with Crippen LogP contribution >= 0.6 is 11.8 Å². The van der Waals surface area contributed by atoms with Crippen LogP contribution in [0.25, 0.3) is 0 Å². The zero-order valence-electron chi connectivity index (χ0n) is 14.8. The lowest BCUT2D eigenvalue weighted by Gasteiger charge is -2.19. The molecule has 0 spiro atoms. The minimum absolute atomic E-state index is 0.0303. The molecule has 0 bridgehead atoms. The number of hydrogen-bond acceptors (Lipinski definition) is 3. The largest absolute Gasteiger partial charge is 0.497 e. The van der Waals surface area contributed by atoms with E-state index in [1.807, 2.05) is 24.3 Å². The quantitative estimate of drug-likeness (QED) is 0.790. The first-order chi connectivity index (χ1) is 11.4. The molecule has 0 atom stereocenters. The zero-order chi connectivity index (χ0) is 17.6. The highest BCUT2D eigenvalue weighted by atomic mass is 32.2. The SMILES string of the molecule is COc1cccc(CNC(=O)CSc2ccc(C(C)(C)C)cc2)c1. The van der Waals surface area contributed by atoms with Gasteiger partial charge in [-0.25, -0.2) is 0 Å². The standard InChI is InChI=1S/C20H25NO2S/c1-20(2,3)16-8-10-18(11-9-16)24-14-19(22)21-13-15-6-5-7-17(12-15)23-4/h5-12H,13-14H2,1-4H3,(H,21,22). The van der Waals surface area contributed by atoms with Crippen LogP contribution in [-0.2, 0) is 16.8 Å². The average Bonchev–Trinajstić information content (AvgIpc) is 2.58. The number of methoxy groups -OCH3 is 1. The number of carbonyl (C=O) groups is 1. The number of ether oxygens (including phenoxy) is 1. The van der Waals surface area contributed by atoms with Gasteiger partial charge in [0.05, 0.1) is 12.9 Å². The third kappa shape index (κ3) is 5.60. The summed E-state index contributed by atoms with van der Waals surface area (Å²) in [6.07, 6.45) is 0. The maximum atomic E-state index is 12.0. The number of thioether (sulfide) groups is 1. The zero-order valence-corrected chi connectivity index (χ0v) is 15.6. The van der Waals surface area contributed by atoms with Gasteiger partial charge >= 0.3 is 0 Å². The van der Waals surface area contributed by atoms with Crippen molar-refractivity contribution in [2.45, 2.75) is 37.6 Å². The third-order valence-corrected chi connectivity index (χ3v) is 4.73. The fourth-order valence-corrected chi connectivity index (χ4v) is 2.96. The summed E-state index contributed by atoms with van der Waals surface area (Å²) in [5.74, 6) is 1.25. The molecule has 0 aliphatic rings. The van der Waals surface area contributed by atoms with Crippen LogP contribution in [0.1, 0.15) is 31.9 Å². The van der Waals surface area contributed by atoms with Gasteiger partial charge < -0.3 is 10.1 Å². The second kappa shape index (κ2) is 8.25. The Labute approximate surface area is 148 Å². The lowest BCUT2D eigenvalue weighted by molar-refractivity contribution is -0.118. The Morgan fingerprint density at radius 2 is 1.83 bits per heavy atom. The fraction of sp³-hybridized carbons (Fsp3) is 0.350. The molecule has 3 nitrogen and oxygen atoms in total. The van der Waals surface area contributed by atoms with E-state index in [1.54, 1.807) is 18.9 Å². The fourth-order valence-electron chi connectivity index (χ4n) is 2.23. The Hall–Kier alpha value is -1.94. The van der Waals surface area contributed by atoms with Crippen molar-refractivity contribution in [2.24, 2.45) is 0 Å². The molecule has 1 N–H and O–H groups in total. The van der Waals surface area contributed by atoms with E-state index in [2.05, 4.69) is 50.4 Å². The van der Waals surface area contributed by atoms with Crippen LogP contribution < -0.4 is 10.1 Å². The molecule has 0 aromatic heterocycles. The number of nitrogens with one attached hydrogen (secondary N) is 1. The number of hydrogen-bond donors (Lipinski definition) is 1. The first-order valence-electron chi connectivity index (χ1n) is 8.01. The van der Waals surface area contributed by atoms with Crippen LogP contribution in [0, 0.1) is 0 Å². The molecule has 1 amide bonds. The van der Waals surface area contributed by atoms with E-state index >= 15 is 0 Å². The molecule has 0 radical (unpaired) electrons. The molecular formula is C20H25NO2S. The summed E-state index contributed by atoms with van der Waals surface area (Å²) in [5, 5.41) is 2.94. The minimum Gasteiger partial charge on any atom is -0.497 e. The molecule has 2 rings (SSSR count). The highest BCUT2D eigenvalue weighted by molar-refractivity contribution is 8.00. The van der Waals surface area contributed by atoms with Crippen molar-refractivity contribution in [3.8, 4) is 5.75 Å². The van der Waals surface area contributed by atoms with Crippen molar-refractivity contribution in [1.82, 2.24) is 5.32 Å². The molecule has 2 aromatic rings. The molecule has 0 unspecified atom stereocenters. The normalized spacial score (nSPS) is 11.2. The monoisotopic (exact) mass is 343 g/mol. The van der Waals surface area contributed by atoms with Gasteiger partial charge in [-0.15, -0.1) is 11.8 Å². The summed E-state index contributed by atoms with van der Waals surface area (Å²) >= 11 is 1.55. The summed E-state index contributed by atoms with van der Waals surface area (Å²) in [6, 6.07) is 16.2. The molecule has 0 heterocycles. The Morgan fingerprint density at radius 1 is 1.12 bits per heavy atom. The summed E-state index contributed by atoms with van der Waals surface area (Å²) < 4.78 is 5.18. The first kappa shape index (κ1) is 18.4. The van der Waals surface area contributed by atoms with Gasteiger partial charge in [0.2, 0.25) is 5.91 Å². The van der Waals surface area contributed by atoms with Gasteiger partial charge in [-0.1, -0.05) is 45.0 Å². The molecule has 0 aliphatic heterocycles. The highest BCUT2D eigenvalue weighted by Crippen LogP contribution is 2.25. The Balaban J connectivity index is 1.80. The predicted molar refractivity (Wildman–Crippen MR) is 101 cm³/mol. The van der Waals surface area contributed by atoms with Gasteiger partial charge in [0.25, 0.3) is 0 Å². The van der Waals surface area contributed by atoms with Crippen LogP contribution in [0.2, 0.25) is 0 Å². The van der Waals surface area contributed by atoms with E-state index in [1.165, 1.54) is 5.56 Å². The van der Waals surface area contributed by atoms with Crippen molar-refractivity contribution in [3.63, 3.8) is 0 Å². The Morgan fingerprint density at radius 3 is 2.46 bits per heavy atom. The van der Waals surface area contributed by atoms with Crippen LogP contribution in [0.4, 0.5) is 0 Å². The molecule has 0 fully saturated rings. The summed E-state index contributed by atoms with van der Waals surface area (Å²) in [4.78, 5) is 13.1. The van der Waals surface area contributed by atoms with Gasteiger partial charge in [-0.05, 0) is 40.8 Å². The van der Waals surface area contributed by atoms with Crippen LogP contribution in [0.3, 0.4) is 0 Å². The molecule has 0 saturated carbocycles. The van der Waals surface area contributed by atoms with E-state index < -0.39 is 0 Å². The maximum Gasteiger partial charge on any atom is 0.230 e. The van der Waals surface area contributed by atoms with Crippen molar-refractivity contribution in [3.05, 3.63) is 59.7 Å². The van der Waals surface area contributed by atoms with Crippen molar-refractivity contribution < 1.29 is 9.53 Å². The maximum absolute atomic E-state index is 12.0. The molecule has 0 saturated heterocycles. The molecular weight excluding hydrogens is 318 g/mol. The lowest BCUT2D eigenvalue weighted by Crippen LogP contribution is -2.24. The topological polar surface area (TPSA) is 38.3 Å². The molecule has 0 aliphatic carbocycles. The first-order valence-corrected chi connectivity index (χ1v) is 9.00. The van der Waals surface area contributed by atoms with Gasteiger partial charge in [0.1, 0.15) is 5.75 Å². The van der Waals surface area contributed by atoms with Crippen molar-refractivity contribution >= 4 is 17.7 Å². The third-order valence-electron chi connectivity index (χ3n) is 3.71. The van der Waals surface area contributed by atoms with Crippen LogP contribution in [-0.4, -0.2) is 18.8 Å². The second-order valence-corrected chi connectivity index (χ2v) is 7.74. The van der Waals surface area contributed by atoms with E-state index in [0.717, 1.165) is 16.2 Å². The number of amides is 1. The van der Waals surface area contributed by atoms with Gasteiger partial charge in [-0.2, -0.15) is 0 Å². The van der Waals surface area contributed by atoms with E-state index in [-0.39, 0.29) is 11.3 Å². The molecule has 2 aromatic carbocycles. The Kier molecular flexibility index (Phi) is 6.32. The summed E-state index contributed by atoms with van der Waals surface area (Å²) in [5.41, 5.74) is 2.48. The van der Waals surface area contributed by atoms with Crippen LogP contribution in [0.5, 0.6) is 5.75 Å². The summed E-state index contributed by atoms with van der Waals surface area (Å²) in [7, 11) is 1.64. The number of benzene rings is 2. The highest BCUT2D eigenvalue weighted by Gasteiger charge is 2.13. The van der Waals surface area contributed by atoms with Crippen molar-refractivity contribution in [2.75, 3.05) is 12.9 Å². The molecule has 128 valence electrons. The smallest absolute Gasteiger partial charge is 0.230 e. The van der Waals surface area contributed by atoms with Gasteiger partial charge in [-0.3, -0.25) is 4.79 Å². The Bertz CT molecular complexity index is 675. The van der Waals surface area contributed by atoms with E-state index in [0.29, 0.717) is 12.3 Å². The average molecular weight is 343 g/mol. The lowest BCUT2D eigenvalue weighted by atomic mass is 9.87. The summed E-state index contributed by atoms with van der Waals surface area (Å²) in [6.45, 7) is 7.10.